The van der Waals surface area contributed by atoms with E-state index in [2.05, 4.69) is 93.7 Å². The van der Waals surface area contributed by atoms with Crippen LogP contribution < -0.4 is 21.8 Å². The Hall–Kier alpha value is -4.90. The molecule has 15 heteroatoms. The normalized spacial score (nSPS) is 13.0. The van der Waals surface area contributed by atoms with Gasteiger partial charge in [-0.1, -0.05) is 6.07 Å². The monoisotopic (exact) mass is 896 g/mol. The van der Waals surface area contributed by atoms with Gasteiger partial charge in [0.25, 0.3) is 11.1 Å². The fraction of sp³-hybridized carbons (Fsp3) is 0.404. The number of aromatic nitrogens is 2. The number of rotatable bonds is 15. The van der Waals surface area contributed by atoms with Crippen LogP contribution in [0.4, 0.5) is 0 Å². The molecule has 62 heavy (non-hydrogen) atoms. The highest BCUT2D eigenvalue weighted by Gasteiger charge is 2.18. The Morgan fingerprint density at radius 2 is 1.31 bits per heavy atom. The van der Waals surface area contributed by atoms with Crippen molar-refractivity contribution in [1.82, 2.24) is 40.2 Å². The SMILES string of the molecule is Cc1cc2cc(CN(Cc3ccco3)C(=S)NCCCN(C)C)c(=O)[nH]c2cc1C.Cc1cc2cc(CN(Cc3cccs3)C(=S)NCCN3CCOCC3)c(=O)[nH]c2cc1C. The molecule has 1 aliphatic rings. The van der Waals surface area contributed by atoms with Crippen LogP contribution in [0.5, 0.6) is 0 Å². The highest BCUT2D eigenvalue weighted by Crippen LogP contribution is 2.21. The molecule has 0 spiro atoms. The summed E-state index contributed by atoms with van der Waals surface area (Å²) in [5, 5.41) is 12.1. The predicted octanol–water partition coefficient (Wildman–Crippen LogP) is 6.98. The Morgan fingerprint density at radius 1 is 0.742 bits per heavy atom. The van der Waals surface area contributed by atoms with Crippen LogP contribution in [0.2, 0.25) is 0 Å². The van der Waals surface area contributed by atoms with Gasteiger partial charge in [-0.15, -0.1) is 11.3 Å². The maximum absolute atomic E-state index is 12.8. The topological polar surface area (TPSA) is 125 Å². The molecule has 4 aromatic heterocycles. The number of hydrogen-bond acceptors (Lipinski definition) is 9. The third-order valence-electron chi connectivity index (χ3n) is 11.1. The third kappa shape index (κ3) is 13.3. The predicted molar refractivity (Wildman–Crippen MR) is 261 cm³/mol. The number of morpholine rings is 1. The van der Waals surface area contributed by atoms with Crippen LogP contribution in [0.1, 0.15) is 50.4 Å². The van der Waals surface area contributed by atoms with E-state index in [0.717, 1.165) is 97.6 Å². The summed E-state index contributed by atoms with van der Waals surface area (Å²) >= 11 is 13.1. The molecule has 1 saturated heterocycles. The number of aryl methyl sites for hydroxylation is 4. The molecule has 12 nitrogen and oxygen atoms in total. The van der Waals surface area contributed by atoms with E-state index in [4.69, 9.17) is 33.6 Å². The summed E-state index contributed by atoms with van der Waals surface area (Å²) in [6.45, 7) is 17.3. The minimum atomic E-state index is -0.0920. The second-order valence-electron chi connectivity index (χ2n) is 16.2. The van der Waals surface area contributed by atoms with Crippen LogP contribution >= 0.6 is 35.8 Å². The number of pyridine rings is 2. The highest BCUT2D eigenvalue weighted by atomic mass is 32.1. The quantitative estimate of drug-likeness (QED) is 0.0628. The van der Waals surface area contributed by atoms with Crippen molar-refractivity contribution < 1.29 is 9.15 Å². The first-order valence-corrected chi connectivity index (χ1v) is 22.8. The van der Waals surface area contributed by atoms with E-state index >= 15 is 0 Å². The summed E-state index contributed by atoms with van der Waals surface area (Å²) in [6.07, 6.45) is 2.63. The van der Waals surface area contributed by atoms with Gasteiger partial charge in [0.05, 0.1) is 45.7 Å². The molecule has 7 rings (SSSR count). The van der Waals surface area contributed by atoms with Crippen LogP contribution in [0.3, 0.4) is 0 Å². The van der Waals surface area contributed by atoms with E-state index in [0.29, 0.717) is 42.0 Å². The van der Waals surface area contributed by atoms with E-state index in [9.17, 15) is 9.59 Å². The zero-order valence-electron chi connectivity index (χ0n) is 36.8. The van der Waals surface area contributed by atoms with Gasteiger partial charge in [-0.2, -0.15) is 0 Å². The van der Waals surface area contributed by atoms with Crippen LogP contribution in [0.15, 0.2) is 86.3 Å². The van der Waals surface area contributed by atoms with Gasteiger partial charge >= 0.3 is 0 Å². The molecule has 0 radical (unpaired) electrons. The summed E-state index contributed by atoms with van der Waals surface area (Å²) < 4.78 is 10.9. The number of thiophene rings is 1. The summed E-state index contributed by atoms with van der Waals surface area (Å²) in [4.78, 5) is 41.5. The smallest absolute Gasteiger partial charge is 0.253 e. The standard InChI is InChI=1S/C24H30N4O2S2.C23H30N4O2S/c1-17-12-19-14-20(23(29)26-22(19)13-18(17)2)15-28(16-21-4-3-11-32-21)24(31)25-5-6-27-7-9-30-10-8-27;1-16-11-18-13-19(22(28)25-21(18)12-17(16)2)14-27(15-20-7-5-10-29-20)23(30)24-8-6-9-26(3)4/h3-4,11-14H,5-10,15-16H2,1-2H3,(H,25,31)(H,26,29);5,7,10-13H,6,8-9,14-15H2,1-4H3,(H,24,30)(H,25,28). The van der Waals surface area contributed by atoms with Gasteiger partial charge in [0.1, 0.15) is 5.76 Å². The number of H-pyrrole nitrogens is 2. The van der Waals surface area contributed by atoms with Gasteiger partial charge in [0.2, 0.25) is 0 Å². The number of hydrogen-bond donors (Lipinski definition) is 4. The summed E-state index contributed by atoms with van der Waals surface area (Å²) in [5.74, 6) is 0.802. The second kappa shape index (κ2) is 22.5. The highest BCUT2D eigenvalue weighted by molar-refractivity contribution is 7.80. The lowest BCUT2D eigenvalue weighted by Crippen LogP contribution is -2.45. The molecule has 0 aliphatic carbocycles. The number of thiocarbonyl (C=S) groups is 2. The first-order valence-electron chi connectivity index (χ1n) is 21.1. The molecule has 330 valence electrons. The fourth-order valence-electron chi connectivity index (χ4n) is 7.23. The number of nitrogens with zero attached hydrogens (tertiary/aromatic N) is 4. The summed E-state index contributed by atoms with van der Waals surface area (Å²) in [5.41, 5.74) is 7.71. The van der Waals surface area contributed by atoms with E-state index in [-0.39, 0.29) is 11.1 Å². The molecule has 2 aromatic carbocycles. The Morgan fingerprint density at radius 3 is 1.84 bits per heavy atom. The zero-order chi connectivity index (χ0) is 44.2. The number of fused-ring (bicyclic) bond motifs is 2. The first-order chi connectivity index (χ1) is 29.8. The van der Waals surface area contributed by atoms with Gasteiger partial charge in [-0.25, -0.2) is 0 Å². The van der Waals surface area contributed by atoms with Crippen molar-refractivity contribution in [2.45, 2.75) is 60.3 Å². The van der Waals surface area contributed by atoms with Crippen molar-refractivity contribution in [2.75, 3.05) is 66.6 Å². The third-order valence-corrected chi connectivity index (χ3v) is 12.8. The molecule has 0 saturated carbocycles. The number of ether oxygens (including phenoxy) is 1. The summed E-state index contributed by atoms with van der Waals surface area (Å²) in [6, 6.07) is 20.2. The summed E-state index contributed by atoms with van der Waals surface area (Å²) in [7, 11) is 4.10. The van der Waals surface area contributed by atoms with Crippen LogP contribution in [0, 0.1) is 27.7 Å². The van der Waals surface area contributed by atoms with E-state index in [1.165, 1.54) is 21.6 Å². The van der Waals surface area contributed by atoms with Crippen molar-refractivity contribution in [1.29, 1.82) is 0 Å². The van der Waals surface area contributed by atoms with Gasteiger partial charge in [-0.3, -0.25) is 14.5 Å². The minimum absolute atomic E-state index is 0.0620. The maximum atomic E-state index is 12.8. The van der Waals surface area contributed by atoms with Gasteiger partial charge in [0.15, 0.2) is 10.2 Å². The van der Waals surface area contributed by atoms with Gasteiger partial charge in [0, 0.05) is 59.8 Å². The molecule has 6 aromatic rings. The average molecular weight is 897 g/mol. The van der Waals surface area contributed by atoms with Crippen molar-refractivity contribution in [2.24, 2.45) is 0 Å². The molecule has 1 fully saturated rings. The average Bonchev–Trinajstić information content (AvgIpc) is 3.97. The number of aromatic amines is 2. The molecule has 0 bridgehead atoms. The van der Waals surface area contributed by atoms with Gasteiger partial charge < -0.3 is 44.5 Å². The number of furan rings is 1. The Kier molecular flexibility index (Phi) is 16.9. The lowest BCUT2D eigenvalue weighted by molar-refractivity contribution is 0.0388. The molecule has 5 heterocycles. The molecular weight excluding hydrogens is 837 g/mol. The molecule has 0 amide bonds. The van der Waals surface area contributed by atoms with Crippen molar-refractivity contribution >= 4 is 67.8 Å². The van der Waals surface area contributed by atoms with E-state index in [1.807, 2.05) is 54.3 Å². The van der Waals surface area contributed by atoms with Crippen LogP contribution in [-0.4, -0.2) is 106 Å². The minimum Gasteiger partial charge on any atom is -0.467 e. The molecule has 0 unspecified atom stereocenters. The number of benzene rings is 2. The Bertz CT molecular complexity index is 2530. The second-order valence-corrected chi connectivity index (χ2v) is 18.0. The molecule has 4 N–H and O–H groups in total. The fourth-order valence-corrected chi connectivity index (χ4v) is 8.41. The van der Waals surface area contributed by atoms with Crippen molar-refractivity contribution in [3.8, 4) is 0 Å². The lowest BCUT2D eigenvalue weighted by Gasteiger charge is -2.29. The van der Waals surface area contributed by atoms with E-state index < -0.39 is 0 Å². The lowest BCUT2D eigenvalue weighted by atomic mass is 10.0. The maximum Gasteiger partial charge on any atom is 0.253 e. The largest absolute Gasteiger partial charge is 0.467 e. The van der Waals surface area contributed by atoms with Gasteiger partial charge in [-0.05, 0) is 172 Å². The molecular formula is C47H60N8O4S3. The number of nitrogens with one attached hydrogen (secondary N) is 4. The Labute approximate surface area is 379 Å². The van der Waals surface area contributed by atoms with Crippen molar-refractivity contribution in [3.63, 3.8) is 0 Å². The Balaban J connectivity index is 0.000000207. The first kappa shape index (κ1) is 46.6. The van der Waals surface area contributed by atoms with Crippen LogP contribution in [-0.2, 0) is 30.9 Å². The molecule has 1 aliphatic heterocycles. The van der Waals surface area contributed by atoms with Crippen molar-refractivity contribution in [3.05, 3.63) is 137 Å². The zero-order valence-corrected chi connectivity index (χ0v) is 39.2. The molecule has 0 atom stereocenters. The van der Waals surface area contributed by atoms with Crippen LogP contribution in [0.25, 0.3) is 21.8 Å². The van der Waals surface area contributed by atoms with E-state index in [1.54, 1.807) is 17.6 Å².